The number of hydrogen-bond donors (Lipinski definition) is 2. The average molecular weight is 440 g/mol. The number of nitrogens with one attached hydrogen (secondary N) is 1. The highest BCUT2D eigenvalue weighted by atomic mass is 16.5. The Labute approximate surface area is 187 Å². The lowest BCUT2D eigenvalue weighted by molar-refractivity contribution is -0.123. The first-order chi connectivity index (χ1) is 15.4. The van der Waals surface area contributed by atoms with Gasteiger partial charge in [-0.3, -0.25) is 4.79 Å². The molecular formula is C25H29NO6. The van der Waals surface area contributed by atoms with Gasteiger partial charge >= 0.3 is 0 Å². The lowest BCUT2D eigenvalue weighted by Crippen LogP contribution is -2.28. The molecule has 0 spiro atoms. The van der Waals surface area contributed by atoms with Gasteiger partial charge in [-0.05, 0) is 30.7 Å². The van der Waals surface area contributed by atoms with E-state index >= 15 is 0 Å². The minimum Gasteiger partial charge on any atom is -0.496 e. The van der Waals surface area contributed by atoms with Crippen LogP contribution in [0.2, 0.25) is 0 Å². The highest BCUT2D eigenvalue weighted by Crippen LogP contribution is 2.48. The third-order valence-electron chi connectivity index (χ3n) is 5.43. The van der Waals surface area contributed by atoms with Crippen molar-refractivity contribution in [3.63, 3.8) is 0 Å². The molecule has 2 N–H and O–H groups in total. The lowest BCUT2D eigenvalue weighted by Gasteiger charge is -2.22. The number of benzene rings is 3. The quantitative estimate of drug-likeness (QED) is 0.520. The Balaban J connectivity index is 1.97. The van der Waals surface area contributed by atoms with Crippen molar-refractivity contribution in [2.45, 2.75) is 25.5 Å². The maximum absolute atomic E-state index is 12.7. The van der Waals surface area contributed by atoms with Gasteiger partial charge in [-0.2, -0.15) is 0 Å². The van der Waals surface area contributed by atoms with Crippen molar-refractivity contribution in [2.24, 2.45) is 0 Å². The third-order valence-corrected chi connectivity index (χ3v) is 5.43. The summed E-state index contributed by atoms with van der Waals surface area (Å²) in [4.78, 5) is 12.7. The number of methoxy groups -OCH3 is 4. The number of hydrogen-bond acceptors (Lipinski definition) is 6. The molecule has 0 unspecified atom stereocenters. The van der Waals surface area contributed by atoms with Crippen molar-refractivity contribution in [3.05, 3.63) is 59.7 Å². The molecule has 0 saturated heterocycles. The van der Waals surface area contributed by atoms with E-state index < -0.39 is 6.10 Å². The van der Waals surface area contributed by atoms with Crippen LogP contribution in [0.4, 0.5) is 0 Å². The van der Waals surface area contributed by atoms with Gasteiger partial charge in [0.1, 0.15) is 23.0 Å². The summed E-state index contributed by atoms with van der Waals surface area (Å²) >= 11 is 0. The van der Waals surface area contributed by atoms with Crippen LogP contribution in [0.1, 0.15) is 36.6 Å². The Morgan fingerprint density at radius 3 is 2.03 bits per heavy atom. The molecule has 7 heteroatoms. The van der Waals surface area contributed by atoms with E-state index in [4.69, 9.17) is 18.9 Å². The van der Waals surface area contributed by atoms with Crippen LogP contribution in [-0.4, -0.2) is 39.5 Å². The van der Waals surface area contributed by atoms with Gasteiger partial charge in [-0.15, -0.1) is 0 Å². The summed E-state index contributed by atoms with van der Waals surface area (Å²) in [5.41, 5.74) is 1.41. The highest BCUT2D eigenvalue weighted by molar-refractivity contribution is 6.03. The summed E-state index contributed by atoms with van der Waals surface area (Å²) in [5, 5.41) is 15.2. The van der Waals surface area contributed by atoms with Crippen molar-refractivity contribution in [2.75, 3.05) is 28.4 Å². The van der Waals surface area contributed by atoms with E-state index in [0.29, 0.717) is 39.3 Å². The highest BCUT2D eigenvalue weighted by Gasteiger charge is 2.26. The van der Waals surface area contributed by atoms with Crippen LogP contribution in [0.3, 0.4) is 0 Å². The molecule has 0 aromatic heterocycles. The van der Waals surface area contributed by atoms with Crippen LogP contribution in [-0.2, 0) is 4.79 Å². The first-order valence-corrected chi connectivity index (χ1v) is 10.3. The number of fused-ring (bicyclic) bond motifs is 1. The number of aliphatic hydroxyl groups excluding tert-OH is 1. The van der Waals surface area contributed by atoms with Gasteiger partial charge in [-0.1, -0.05) is 30.3 Å². The normalized spacial score (nSPS) is 12.7. The van der Waals surface area contributed by atoms with Crippen molar-refractivity contribution in [3.8, 4) is 23.0 Å². The fourth-order valence-corrected chi connectivity index (χ4v) is 3.84. The molecule has 32 heavy (non-hydrogen) atoms. The van der Waals surface area contributed by atoms with Crippen LogP contribution in [0.25, 0.3) is 10.8 Å². The second-order valence-corrected chi connectivity index (χ2v) is 7.34. The van der Waals surface area contributed by atoms with E-state index in [2.05, 4.69) is 5.32 Å². The van der Waals surface area contributed by atoms with E-state index in [1.807, 2.05) is 37.3 Å². The SMILES string of the molecule is COc1ccc(OC)c2c(OC)c([C@H](O)CC(=O)N[C@@H](C)c3ccccc3)cc(OC)c12. The molecular weight excluding hydrogens is 410 g/mol. The van der Waals surface area contributed by atoms with Crippen molar-refractivity contribution < 1.29 is 28.8 Å². The van der Waals surface area contributed by atoms with Crippen LogP contribution in [0.15, 0.2) is 48.5 Å². The van der Waals surface area contributed by atoms with E-state index in [0.717, 1.165) is 5.56 Å². The smallest absolute Gasteiger partial charge is 0.223 e. The Bertz CT molecular complexity index is 1080. The molecule has 0 radical (unpaired) electrons. The minimum absolute atomic E-state index is 0.144. The molecule has 0 saturated carbocycles. The maximum atomic E-state index is 12.7. The average Bonchev–Trinajstić information content (AvgIpc) is 2.82. The number of carbonyl (C=O) groups excluding carboxylic acids is 1. The zero-order valence-corrected chi connectivity index (χ0v) is 19.0. The molecule has 3 rings (SSSR count). The lowest BCUT2D eigenvalue weighted by atomic mass is 9.97. The molecule has 3 aromatic rings. The first-order valence-electron chi connectivity index (χ1n) is 10.3. The molecule has 2 atom stereocenters. The Hall–Kier alpha value is -3.45. The van der Waals surface area contributed by atoms with Crippen molar-refractivity contribution in [1.82, 2.24) is 5.32 Å². The largest absolute Gasteiger partial charge is 0.496 e. The summed E-state index contributed by atoms with van der Waals surface area (Å²) in [5.74, 6) is 1.70. The zero-order chi connectivity index (χ0) is 23.3. The van der Waals surface area contributed by atoms with Gasteiger partial charge in [0, 0.05) is 5.56 Å². The van der Waals surface area contributed by atoms with Gasteiger partial charge < -0.3 is 29.4 Å². The van der Waals surface area contributed by atoms with Gasteiger partial charge in [0.25, 0.3) is 0 Å². The van der Waals surface area contributed by atoms with E-state index in [9.17, 15) is 9.90 Å². The number of aliphatic hydroxyl groups is 1. The van der Waals surface area contributed by atoms with Crippen molar-refractivity contribution in [1.29, 1.82) is 0 Å². The summed E-state index contributed by atoms with van der Waals surface area (Å²) in [6.45, 7) is 1.90. The van der Waals surface area contributed by atoms with Crippen LogP contribution < -0.4 is 24.3 Å². The summed E-state index contributed by atoms with van der Waals surface area (Å²) in [6, 6.07) is 14.7. The molecule has 0 bridgehead atoms. The second-order valence-electron chi connectivity index (χ2n) is 7.34. The third kappa shape index (κ3) is 4.57. The van der Waals surface area contributed by atoms with E-state index in [-0.39, 0.29) is 18.4 Å². The molecule has 0 fully saturated rings. The molecule has 0 heterocycles. The molecule has 3 aromatic carbocycles. The molecule has 7 nitrogen and oxygen atoms in total. The summed E-state index contributed by atoms with van der Waals surface area (Å²) in [7, 11) is 6.15. The number of amides is 1. The minimum atomic E-state index is -1.12. The fourth-order valence-electron chi connectivity index (χ4n) is 3.84. The van der Waals surface area contributed by atoms with Crippen LogP contribution in [0, 0.1) is 0 Å². The second kappa shape index (κ2) is 10.2. The molecule has 170 valence electrons. The molecule has 0 aliphatic heterocycles. The maximum Gasteiger partial charge on any atom is 0.223 e. The van der Waals surface area contributed by atoms with Crippen LogP contribution in [0.5, 0.6) is 23.0 Å². The summed E-state index contributed by atoms with van der Waals surface area (Å²) < 4.78 is 22.3. The van der Waals surface area contributed by atoms with Gasteiger partial charge in [0.05, 0.1) is 57.8 Å². The predicted octanol–water partition coefficient (Wildman–Crippen LogP) is 4.18. The zero-order valence-electron chi connectivity index (χ0n) is 19.0. The number of rotatable bonds is 9. The standard InChI is InChI=1S/C25H29NO6/c1-15(16-9-7-6-8-10-16)26-22(28)14-18(27)17-13-21(31-4)23-19(29-2)11-12-20(30-3)24(23)25(17)32-5/h6-13,15,18,27H,14H2,1-5H3,(H,26,28)/t15-,18+/m0/s1. The Morgan fingerprint density at radius 1 is 0.875 bits per heavy atom. The molecule has 0 aliphatic rings. The van der Waals surface area contributed by atoms with Gasteiger partial charge in [-0.25, -0.2) is 0 Å². The fraction of sp³-hybridized carbons (Fsp3) is 0.320. The Morgan fingerprint density at radius 2 is 1.47 bits per heavy atom. The monoisotopic (exact) mass is 439 g/mol. The summed E-state index contributed by atoms with van der Waals surface area (Å²) in [6.07, 6.45) is -1.27. The molecule has 0 aliphatic carbocycles. The van der Waals surface area contributed by atoms with E-state index in [1.165, 1.54) is 14.2 Å². The van der Waals surface area contributed by atoms with Gasteiger partial charge in [0.2, 0.25) is 5.91 Å². The van der Waals surface area contributed by atoms with Crippen molar-refractivity contribution >= 4 is 16.7 Å². The van der Waals surface area contributed by atoms with Gasteiger partial charge in [0.15, 0.2) is 0 Å². The first kappa shape index (κ1) is 23.2. The number of carbonyl (C=O) groups is 1. The van der Waals surface area contributed by atoms with E-state index in [1.54, 1.807) is 32.4 Å². The van der Waals surface area contributed by atoms with Crippen LogP contribution >= 0.6 is 0 Å². The number of ether oxygens (including phenoxy) is 4. The predicted molar refractivity (Wildman–Crippen MR) is 123 cm³/mol. The topological polar surface area (TPSA) is 86.3 Å². The Kier molecular flexibility index (Phi) is 7.43. The molecule has 1 amide bonds.